The second-order valence-corrected chi connectivity index (χ2v) is 8.29. The molecule has 0 saturated carbocycles. The van der Waals surface area contributed by atoms with Crippen LogP contribution in [0.2, 0.25) is 0 Å². The Bertz CT molecular complexity index is 774. The molecule has 4 rings (SSSR count). The van der Waals surface area contributed by atoms with Gasteiger partial charge in [-0.1, -0.05) is 6.92 Å². The number of likely N-dealkylation sites (N-methyl/N-ethyl adjacent to an activating group) is 1. The molecule has 1 N–H and O–H groups in total. The number of piperidine rings is 1. The Morgan fingerprint density at radius 3 is 2.25 bits per heavy atom. The van der Waals surface area contributed by atoms with Crippen molar-refractivity contribution in [2.75, 3.05) is 61.4 Å². The zero-order valence-corrected chi connectivity index (χ0v) is 17.4. The molecule has 3 heterocycles. The van der Waals surface area contributed by atoms with Crippen molar-refractivity contribution in [1.29, 1.82) is 0 Å². The molecule has 1 aromatic carbocycles. The van der Waals surface area contributed by atoms with E-state index in [0.29, 0.717) is 0 Å². The normalized spacial score (nSPS) is 19.1. The number of hydrogen-bond donors (Lipinski definition) is 1. The Balaban J connectivity index is 1.43. The average molecular weight is 381 g/mol. The van der Waals surface area contributed by atoms with Crippen molar-refractivity contribution in [2.45, 2.75) is 26.7 Å². The van der Waals surface area contributed by atoms with Gasteiger partial charge in [0.05, 0.1) is 0 Å². The number of anilines is 4. The van der Waals surface area contributed by atoms with Crippen LogP contribution in [0.4, 0.5) is 23.0 Å². The zero-order valence-electron chi connectivity index (χ0n) is 17.4. The first-order valence-electron chi connectivity index (χ1n) is 10.5. The maximum atomic E-state index is 4.66. The molecular weight excluding hydrogens is 348 g/mol. The monoisotopic (exact) mass is 380 g/mol. The highest BCUT2D eigenvalue weighted by Gasteiger charge is 2.17. The van der Waals surface area contributed by atoms with E-state index in [4.69, 9.17) is 0 Å². The molecule has 0 aliphatic carbocycles. The number of nitrogens with one attached hydrogen (secondary N) is 1. The van der Waals surface area contributed by atoms with Crippen molar-refractivity contribution in [3.8, 4) is 0 Å². The predicted octanol–water partition coefficient (Wildman–Crippen LogP) is 3.52. The van der Waals surface area contributed by atoms with E-state index in [0.717, 1.165) is 68.3 Å². The van der Waals surface area contributed by atoms with E-state index < -0.39 is 0 Å². The van der Waals surface area contributed by atoms with Gasteiger partial charge in [-0.25, -0.2) is 9.97 Å². The second kappa shape index (κ2) is 8.35. The van der Waals surface area contributed by atoms with Gasteiger partial charge in [0.15, 0.2) is 0 Å². The second-order valence-electron chi connectivity index (χ2n) is 8.29. The van der Waals surface area contributed by atoms with Crippen LogP contribution in [0.1, 0.15) is 25.6 Å². The van der Waals surface area contributed by atoms with Gasteiger partial charge in [0.1, 0.15) is 17.5 Å². The predicted molar refractivity (Wildman–Crippen MR) is 117 cm³/mol. The summed E-state index contributed by atoms with van der Waals surface area (Å²) in [7, 11) is 2.17. The smallest absolute Gasteiger partial charge is 0.136 e. The van der Waals surface area contributed by atoms with E-state index >= 15 is 0 Å². The number of nitrogens with zero attached hydrogens (tertiary/aromatic N) is 5. The minimum Gasteiger partial charge on any atom is -0.372 e. The molecule has 2 aliphatic heterocycles. The van der Waals surface area contributed by atoms with Crippen LogP contribution < -0.4 is 15.1 Å². The molecule has 0 atom stereocenters. The Morgan fingerprint density at radius 2 is 1.57 bits per heavy atom. The van der Waals surface area contributed by atoms with Crippen LogP contribution in [0.5, 0.6) is 0 Å². The van der Waals surface area contributed by atoms with Gasteiger partial charge in [-0.15, -0.1) is 0 Å². The quantitative estimate of drug-likeness (QED) is 0.876. The van der Waals surface area contributed by atoms with E-state index in [2.05, 4.69) is 74.3 Å². The van der Waals surface area contributed by atoms with E-state index in [1.807, 2.05) is 6.92 Å². The molecule has 6 nitrogen and oxygen atoms in total. The number of benzene rings is 1. The number of aryl methyl sites for hydroxylation is 1. The lowest BCUT2D eigenvalue weighted by Crippen LogP contribution is -2.44. The Labute approximate surface area is 168 Å². The van der Waals surface area contributed by atoms with Gasteiger partial charge in [-0.2, -0.15) is 0 Å². The SMILES string of the molecule is Cc1nc(Nc2ccc(N3CCC(C)CC3)cc2)cc(N2CCN(C)CC2)n1. The molecule has 1 aromatic heterocycles. The number of aromatic nitrogens is 2. The van der Waals surface area contributed by atoms with E-state index in [-0.39, 0.29) is 0 Å². The van der Waals surface area contributed by atoms with Crippen molar-refractivity contribution in [1.82, 2.24) is 14.9 Å². The highest BCUT2D eigenvalue weighted by molar-refractivity contribution is 5.63. The number of hydrogen-bond acceptors (Lipinski definition) is 6. The highest BCUT2D eigenvalue weighted by atomic mass is 15.3. The summed E-state index contributed by atoms with van der Waals surface area (Å²) in [5.41, 5.74) is 2.38. The van der Waals surface area contributed by atoms with Crippen molar-refractivity contribution in [3.63, 3.8) is 0 Å². The molecule has 2 aliphatic rings. The third kappa shape index (κ3) is 4.55. The van der Waals surface area contributed by atoms with Gasteiger partial charge in [0, 0.05) is 56.7 Å². The molecule has 6 heteroatoms. The molecule has 0 unspecified atom stereocenters. The summed E-state index contributed by atoms with van der Waals surface area (Å²) in [4.78, 5) is 16.4. The van der Waals surface area contributed by atoms with Crippen molar-refractivity contribution in [2.24, 2.45) is 5.92 Å². The largest absolute Gasteiger partial charge is 0.372 e. The van der Waals surface area contributed by atoms with Gasteiger partial charge in [0.2, 0.25) is 0 Å². The lowest BCUT2D eigenvalue weighted by molar-refractivity contribution is 0.312. The van der Waals surface area contributed by atoms with E-state index in [9.17, 15) is 0 Å². The molecule has 0 radical (unpaired) electrons. The molecular formula is C22H32N6. The van der Waals surface area contributed by atoms with Crippen molar-refractivity contribution in [3.05, 3.63) is 36.2 Å². The van der Waals surface area contributed by atoms with E-state index in [1.54, 1.807) is 0 Å². The van der Waals surface area contributed by atoms with Crippen LogP contribution in [0.3, 0.4) is 0 Å². The molecule has 2 aromatic rings. The molecule has 28 heavy (non-hydrogen) atoms. The van der Waals surface area contributed by atoms with Crippen LogP contribution in [-0.2, 0) is 0 Å². The Hall–Kier alpha value is -2.34. The van der Waals surface area contributed by atoms with Crippen LogP contribution in [-0.4, -0.2) is 61.2 Å². The summed E-state index contributed by atoms with van der Waals surface area (Å²) in [5, 5.41) is 3.46. The zero-order chi connectivity index (χ0) is 19.5. The maximum Gasteiger partial charge on any atom is 0.136 e. The molecule has 2 fully saturated rings. The van der Waals surface area contributed by atoms with Crippen LogP contribution in [0.25, 0.3) is 0 Å². The summed E-state index contributed by atoms with van der Waals surface area (Å²) in [6.45, 7) is 10.8. The molecule has 150 valence electrons. The third-order valence-corrected chi connectivity index (χ3v) is 5.94. The molecule has 0 amide bonds. The summed E-state index contributed by atoms with van der Waals surface area (Å²) in [5.74, 6) is 3.54. The minimum atomic E-state index is 0.804. The summed E-state index contributed by atoms with van der Waals surface area (Å²) >= 11 is 0. The molecule has 0 bridgehead atoms. The lowest BCUT2D eigenvalue weighted by atomic mass is 9.99. The summed E-state index contributed by atoms with van der Waals surface area (Å²) in [6, 6.07) is 10.8. The highest BCUT2D eigenvalue weighted by Crippen LogP contribution is 2.26. The van der Waals surface area contributed by atoms with Gasteiger partial charge in [0.25, 0.3) is 0 Å². The first kappa shape index (κ1) is 19.0. The number of piperazine rings is 1. The summed E-state index contributed by atoms with van der Waals surface area (Å²) in [6.07, 6.45) is 2.57. The number of rotatable bonds is 4. The first-order chi connectivity index (χ1) is 13.6. The average Bonchev–Trinajstić information content (AvgIpc) is 2.69. The Morgan fingerprint density at radius 1 is 0.893 bits per heavy atom. The van der Waals surface area contributed by atoms with Gasteiger partial charge in [-0.3, -0.25) is 0 Å². The van der Waals surface area contributed by atoms with Gasteiger partial charge < -0.3 is 20.0 Å². The van der Waals surface area contributed by atoms with E-state index in [1.165, 1.54) is 18.5 Å². The fraction of sp³-hybridized carbons (Fsp3) is 0.545. The van der Waals surface area contributed by atoms with Crippen molar-refractivity contribution < 1.29 is 0 Å². The summed E-state index contributed by atoms with van der Waals surface area (Å²) < 4.78 is 0. The van der Waals surface area contributed by atoms with Crippen LogP contribution in [0.15, 0.2) is 30.3 Å². The van der Waals surface area contributed by atoms with Crippen LogP contribution >= 0.6 is 0 Å². The van der Waals surface area contributed by atoms with Gasteiger partial charge in [-0.05, 0) is 57.0 Å². The minimum absolute atomic E-state index is 0.804. The van der Waals surface area contributed by atoms with Crippen molar-refractivity contribution >= 4 is 23.0 Å². The lowest BCUT2D eigenvalue weighted by Gasteiger charge is -2.33. The topological polar surface area (TPSA) is 47.5 Å². The fourth-order valence-electron chi connectivity index (χ4n) is 3.98. The first-order valence-corrected chi connectivity index (χ1v) is 10.5. The molecule has 0 spiro atoms. The van der Waals surface area contributed by atoms with Crippen LogP contribution in [0, 0.1) is 12.8 Å². The maximum absolute atomic E-state index is 4.66. The standard InChI is InChI=1S/C22H32N6/c1-17-8-10-27(11-9-17)20-6-4-19(5-7-20)25-21-16-22(24-18(2)23-21)28-14-12-26(3)13-15-28/h4-7,16-17H,8-15H2,1-3H3,(H,23,24,25). The molecule has 2 saturated heterocycles. The van der Waals surface area contributed by atoms with Gasteiger partial charge >= 0.3 is 0 Å². The third-order valence-electron chi connectivity index (χ3n) is 5.94. The Kier molecular flexibility index (Phi) is 5.67. The fourth-order valence-corrected chi connectivity index (χ4v) is 3.98.